The summed E-state index contributed by atoms with van der Waals surface area (Å²) in [5.41, 5.74) is 4.64. The minimum absolute atomic E-state index is 0.331. The number of aromatic nitrogens is 2. The van der Waals surface area contributed by atoms with E-state index in [2.05, 4.69) is 34.6 Å². The van der Waals surface area contributed by atoms with Crippen molar-refractivity contribution in [2.75, 3.05) is 11.4 Å². The molecule has 2 aliphatic rings. The van der Waals surface area contributed by atoms with Gasteiger partial charge in [-0.05, 0) is 44.1 Å². The Morgan fingerprint density at radius 2 is 2.15 bits per heavy atom. The van der Waals surface area contributed by atoms with Crippen LogP contribution in [0.5, 0.6) is 0 Å². The normalized spacial score (nSPS) is 18.6. The van der Waals surface area contributed by atoms with Crippen LogP contribution in [0.25, 0.3) is 5.65 Å². The molecule has 0 unspecified atom stereocenters. The molecule has 0 aromatic carbocycles. The number of allylic oxidation sites excluding steroid dienone is 1. The quantitative estimate of drug-likeness (QED) is 0.907. The highest BCUT2D eigenvalue weighted by atomic mass is 16.3. The number of anilines is 1. The number of aryl methyl sites for hydroxylation is 1. The molecule has 1 N–H and O–H groups in total. The van der Waals surface area contributed by atoms with Crippen molar-refractivity contribution in [3.63, 3.8) is 0 Å². The third kappa shape index (κ3) is 1.80. The van der Waals surface area contributed by atoms with E-state index in [-0.39, 0.29) is 0 Å². The van der Waals surface area contributed by atoms with Gasteiger partial charge in [-0.2, -0.15) is 0 Å². The summed E-state index contributed by atoms with van der Waals surface area (Å²) in [6, 6.07) is 4.15. The van der Waals surface area contributed by atoms with Gasteiger partial charge in [0, 0.05) is 30.6 Å². The maximum atomic E-state index is 9.39. The zero-order chi connectivity index (χ0) is 13.7. The Morgan fingerprint density at radius 3 is 2.85 bits per heavy atom. The molecule has 102 valence electrons. The second-order valence-electron chi connectivity index (χ2n) is 5.57. The van der Waals surface area contributed by atoms with E-state index in [0.717, 1.165) is 11.3 Å². The highest BCUT2D eigenvalue weighted by Crippen LogP contribution is 2.41. The van der Waals surface area contributed by atoms with Gasteiger partial charge in [0.25, 0.3) is 0 Å². The van der Waals surface area contributed by atoms with Crippen molar-refractivity contribution in [2.45, 2.75) is 25.7 Å². The van der Waals surface area contributed by atoms with Crippen molar-refractivity contribution in [2.24, 2.45) is 0 Å². The second-order valence-corrected chi connectivity index (χ2v) is 5.57. The van der Waals surface area contributed by atoms with E-state index in [1.165, 1.54) is 24.2 Å². The Kier molecular flexibility index (Phi) is 2.39. The third-order valence-electron chi connectivity index (χ3n) is 4.10. The fraction of sp³-hybridized carbons (Fsp3) is 0.312. The zero-order valence-electron chi connectivity index (χ0n) is 11.5. The molecule has 4 rings (SSSR count). The molecule has 2 aromatic heterocycles. The predicted octanol–water partition coefficient (Wildman–Crippen LogP) is 3.30. The van der Waals surface area contributed by atoms with Crippen LogP contribution in [0.4, 0.5) is 5.69 Å². The molecule has 3 heterocycles. The molecule has 1 saturated carbocycles. The summed E-state index contributed by atoms with van der Waals surface area (Å²) in [5.74, 6) is 1.00. The molecular weight excluding hydrogens is 250 g/mol. The summed E-state index contributed by atoms with van der Waals surface area (Å²) in [6.45, 7) is 2.84. The van der Waals surface area contributed by atoms with E-state index in [1.807, 2.05) is 6.20 Å². The Balaban J connectivity index is 1.75. The van der Waals surface area contributed by atoms with Crippen LogP contribution in [0, 0.1) is 6.92 Å². The summed E-state index contributed by atoms with van der Waals surface area (Å²) in [6.07, 6.45) is 10.1. The van der Waals surface area contributed by atoms with E-state index >= 15 is 0 Å². The lowest BCUT2D eigenvalue weighted by Crippen LogP contribution is -2.19. The number of pyridine rings is 1. The monoisotopic (exact) mass is 267 g/mol. The Hall–Kier alpha value is -2.23. The maximum absolute atomic E-state index is 9.39. The number of aliphatic hydroxyl groups excluding tert-OH is 1. The third-order valence-corrected chi connectivity index (χ3v) is 4.10. The minimum Gasteiger partial charge on any atom is -0.508 e. The molecule has 1 fully saturated rings. The van der Waals surface area contributed by atoms with E-state index in [0.29, 0.717) is 18.2 Å². The molecule has 0 radical (unpaired) electrons. The van der Waals surface area contributed by atoms with Crippen molar-refractivity contribution in [3.05, 3.63) is 53.8 Å². The Morgan fingerprint density at radius 1 is 1.30 bits per heavy atom. The van der Waals surface area contributed by atoms with Gasteiger partial charge in [0.1, 0.15) is 11.4 Å². The van der Waals surface area contributed by atoms with Gasteiger partial charge < -0.3 is 14.4 Å². The van der Waals surface area contributed by atoms with E-state index in [9.17, 15) is 5.11 Å². The van der Waals surface area contributed by atoms with Gasteiger partial charge >= 0.3 is 0 Å². The second kappa shape index (κ2) is 4.13. The van der Waals surface area contributed by atoms with E-state index < -0.39 is 0 Å². The molecule has 20 heavy (non-hydrogen) atoms. The van der Waals surface area contributed by atoms with Gasteiger partial charge in [0.15, 0.2) is 0 Å². The van der Waals surface area contributed by atoms with Crippen LogP contribution in [-0.2, 0) is 0 Å². The number of nitrogens with zero attached hydrogens (tertiary/aromatic N) is 3. The lowest BCUT2D eigenvalue weighted by Gasteiger charge is -2.21. The fourth-order valence-corrected chi connectivity index (χ4v) is 2.76. The predicted molar refractivity (Wildman–Crippen MR) is 79.1 cm³/mol. The highest BCUT2D eigenvalue weighted by molar-refractivity contribution is 5.57. The van der Waals surface area contributed by atoms with Crippen LogP contribution < -0.4 is 4.90 Å². The molecular formula is C16H17N3O. The van der Waals surface area contributed by atoms with Crippen molar-refractivity contribution in [1.82, 2.24) is 9.38 Å². The van der Waals surface area contributed by atoms with Crippen LogP contribution in [0.1, 0.15) is 30.1 Å². The number of rotatable bonds is 2. The molecule has 0 amide bonds. The minimum atomic E-state index is 0.331. The molecule has 1 aliphatic carbocycles. The first-order valence-corrected chi connectivity index (χ1v) is 7.05. The van der Waals surface area contributed by atoms with Crippen molar-refractivity contribution >= 4 is 11.3 Å². The van der Waals surface area contributed by atoms with Crippen LogP contribution in [0.3, 0.4) is 0 Å². The SMILES string of the molecule is Cc1c(C2CC2)nc2ccc(N3C=CC(O)=CC3)cn12. The number of fused-ring (bicyclic) bond motifs is 1. The van der Waals surface area contributed by atoms with E-state index in [4.69, 9.17) is 4.98 Å². The molecule has 1 aliphatic heterocycles. The molecule has 4 heteroatoms. The van der Waals surface area contributed by atoms with Gasteiger partial charge in [0.2, 0.25) is 0 Å². The van der Waals surface area contributed by atoms with Crippen molar-refractivity contribution in [1.29, 1.82) is 0 Å². The summed E-state index contributed by atoms with van der Waals surface area (Å²) < 4.78 is 2.18. The van der Waals surface area contributed by atoms with Gasteiger partial charge in [0.05, 0.1) is 11.4 Å². The Bertz CT molecular complexity index is 738. The molecule has 4 nitrogen and oxygen atoms in total. The number of hydrogen-bond acceptors (Lipinski definition) is 3. The maximum Gasteiger partial charge on any atom is 0.137 e. The van der Waals surface area contributed by atoms with Crippen molar-refractivity contribution in [3.8, 4) is 0 Å². The summed E-state index contributed by atoms with van der Waals surface area (Å²) in [5, 5.41) is 9.39. The Labute approximate surface area is 117 Å². The first-order valence-electron chi connectivity index (χ1n) is 7.05. The van der Waals surface area contributed by atoms with Crippen molar-refractivity contribution < 1.29 is 5.11 Å². The van der Waals surface area contributed by atoms with Gasteiger partial charge in [-0.15, -0.1) is 0 Å². The van der Waals surface area contributed by atoms with Gasteiger partial charge in [-0.25, -0.2) is 4.98 Å². The highest BCUT2D eigenvalue weighted by Gasteiger charge is 2.28. The first kappa shape index (κ1) is 11.6. The summed E-state index contributed by atoms with van der Waals surface area (Å²) >= 11 is 0. The zero-order valence-corrected chi connectivity index (χ0v) is 11.5. The van der Waals surface area contributed by atoms with Crippen LogP contribution in [0.15, 0.2) is 42.4 Å². The average Bonchev–Trinajstić information content (AvgIpc) is 3.25. The molecule has 0 saturated heterocycles. The number of aliphatic hydroxyl groups is 1. The first-order chi connectivity index (χ1) is 9.72. The summed E-state index contributed by atoms with van der Waals surface area (Å²) in [7, 11) is 0. The van der Waals surface area contributed by atoms with E-state index in [1.54, 1.807) is 12.2 Å². The lowest BCUT2D eigenvalue weighted by atomic mass is 10.2. The largest absolute Gasteiger partial charge is 0.508 e. The fourth-order valence-electron chi connectivity index (χ4n) is 2.76. The molecule has 0 atom stereocenters. The van der Waals surface area contributed by atoms with Crippen LogP contribution in [-0.4, -0.2) is 21.0 Å². The molecule has 0 spiro atoms. The number of imidazole rings is 1. The smallest absolute Gasteiger partial charge is 0.137 e. The standard InChI is InChI=1S/C16H17N3O/c1-11-16(12-2-3-12)17-15-5-4-13(10-19(11)15)18-8-6-14(20)7-9-18/h4-8,10,12,20H,2-3,9H2,1H3. The molecule has 2 aromatic rings. The van der Waals surface area contributed by atoms with Crippen LogP contribution in [0.2, 0.25) is 0 Å². The average molecular weight is 267 g/mol. The lowest BCUT2D eigenvalue weighted by molar-refractivity contribution is 0.428. The van der Waals surface area contributed by atoms with Crippen LogP contribution >= 0.6 is 0 Å². The van der Waals surface area contributed by atoms with Gasteiger partial charge in [-0.3, -0.25) is 0 Å². The number of hydrogen-bond donors (Lipinski definition) is 1. The van der Waals surface area contributed by atoms with Gasteiger partial charge in [-0.1, -0.05) is 0 Å². The summed E-state index contributed by atoms with van der Waals surface area (Å²) in [4.78, 5) is 6.85. The molecule has 0 bridgehead atoms. The topological polar surface area (TPSA) is 40.8 Å².